The molecule has 1 N–H and O–H groups in total. The van der Waals surface area contributed by atoms with Crippen molar-refractivity contribution in [3.63, 3.8) is 0 Å². The quantitative estimate of drug-likeness (QED) is 0.665. The van der Waals surface area contributed by atoms with Crippen LogP contribution in [0.5, 0.6) is 5.75 Å². The number of nitrogens with zero attached hydrogens (tertiary/aromatic N) is 1. The molecule has 6 nitrogen and oxygen atoms in total. The van der Waals surface area contributed by atoms with E-state index in [4.69, 9.17) is 9.47 Å². The first kappa shape index (κ1) is 17.9. The number of hydrogen-bond donors (Lipinski definition) is 1. The van der Waals surface area contributed by atoms with Gasteiger partial charge in [0.25, 0.3) is 5.91 Å². The van der Waals surface area contributed by atoms with Gasteiger partial charge in [-0.1, -0.05) is 41.7 Å². The zero-order valence-corrected chi connectivity index (χ0v) is 15.2. The monoisotopic (exact) mass is 370 g/mol. The third-order valence-electron chi connectivity index (χ3n) is 3.53. The molecule has 3 aromatic rings. The summed E-state index contributed by atoms with van der Waals surface area (Å²) in [6.45, 7) is 3.77. The van der Waals surface area contributed by atoms with Gasteiger partial charge in [0.2, 0.25) is 6.10 Å². The predicted octanol–water partition coefficient (Wildman–Crippen LogP) is 3.94. The Kier molecular flexibility index (Phi) is 5.48. The van der Waals surface area contributed by atoms with Gasteiger partial charge in [-0.2, -0.15) is 0 Å². The van der Waals surface area contributed by atoms with Crippen molar-refractivity contribution >= 4 is 38.6 Å². The molecule has 0 spiro atoms. The van der Waals surface area contributed by atoms with Gasteiger partial charge >= 0.3 is 5.97 Å². The Balaban J connectivity index is 1.82. The number of aromatic nitrogens is 1. The van der Waals surface area contributed by atoms with Crippen LogP contribution in [0.4, 0.5) is 5.13 Å². The highest BCUT2D eigenvalue weighted by Gasteiger charge is 2.24. The number of esters is 1. The van der Waals surface area contributed by atoms with Crippen molar-refractivity contribution in [1.29, 1.82) is 0 Å². The summed E-state index contributed by atoms with van der Waals surface area (Å²) in [5.41, 5.74) is 1.36. The summed E-state index contributed by atoms with van der Waals surface area (Å²) in [4.78, 5) is 28.4. The number of ether oxygens (including phenoxy) is 2. The number of anilines is 1. The molecule has 0 aliphatic rings. The molecule has 1 amide bonds. The predicted molar refractivity (Wildman–Crippen MR) is 100 cm³/mol. The molecule has 0 saturated carbocycles. The lowest BCUT2D eigenvalue weighted by Crippen LogP contribution is -2.25. The average molecular weight is 370 g/mol. The number of nitrogens with one attached hydrogen (secondary N) is 1. The summed E-state index contributed by atoms with van der Waals surface area (Å²) in [5, 5.41) is 3.17. The topological polar surface area (TPSA) is 77.5 Å². The largest absolute Gasteiger partial charge is 0.494 e. The van der Waals surface area contributed by atoms with Gasteiger partial charge < -0.3 is 9.47 Å². The molecule has 3 rings (SSSR count). The van der Waals surface area contributed by atoms with Crippen LogP contribution in [0.2, 0.25) is 0 Å². The fraction of sp³-hybridized carbons (Fsp3) is 0.211. The number of thiazole rings is 1. The second-order valence-corrected chi connectivity index (χ2v) is 6.50. The molecular formula is C19H18N2O4S. The molecule has 0 aliphatic heterocycles. The van der Waals surface area contributed by atoms with Crippen molar-refractivity contribution in [3.8, 4) is 5.75 Å². The highest BCUT2D eigenvalue weighted by molar-refractivity contribution is 7.22. The smallest absolute Gasteiger partial charge is 0.303 e. The minimum Gasteiger partial charge on any atom is -0.494 e. The van der Waals surface area contributed by atoms with Gasteiger partial charge in [-0.05, 0) is 25.1 Å². The molecule has 0 aliphatic carbocycles. The molecule has 0 radical (unpaired) electrons. The van der Waals surface area contributed by atoms with E-state index in [2.05, 4.69) is 10.3 Å². The van der Waals surface area contributed by atoms with Gasteiger partial charge in [0.05, 0.1) is 16.8 Å². The Morgan fingerprint density at radius 1 is 1.19 bits per heavy atom. The molecule has 7 heteroatoms. The van der Waals surface area contributed by atoms with Gasteiger partial charge in [-0.15, -0.1) is 0 Å². The molecule has 0 fully saturated rings. The van der Waals surface area contributed by atoms with E-state index in [1.54, 1.807) is 24.3 Å². The zero-order valence-electron chi connectivity index (χ0n) is 14.4. The molecule has 26 heavy (non-hydrogen) atoms. The average Bonchev–Trinajstić information content (AvgIpc) is 3.02. The number of hydrogen-bond acceptors (Lipinski definition) is 6. The van der Waals surface area contributed by atoms with Crippen molar-refractivity contribution in [2.45, 2.75) is 20.0 Å². The summed E-state index contributed by atoms with van der Waals surface area (Å²) in [7, 11) is 0. The maximum atomic E-state index is 12.6. The van der Waals surface area contributed by atoms with Crippen LogP contribution in [0.25, 0.3) is 10.2 Å². The number of benzene rings is 2. The number of carbonyl (C=O) groups excluding carboxylic acids is 2. The van der Waals surface area contributed by atoms with Crippen molar-refractivity contribution in [2.75, 3.05) is 11.9 Å². The number of carbonyl (C=O) groups is 2. The van der Waals surface area contributed by atoms with Crippen molar-refractivity contribution in [3.05, 3.63) is 54.1 Å². The van der Waals surface area contributed by atoms with E-state index >= 15 is 0 Å². The summed E-state index contributed by atoms with van der Waals surface area (Å²) < 4.78 is 11.6. The van der Waals surface area contributed by atoms with Crippen LogP contribution in [0.3, 0.4) is 0 Å². The molecule has 0 bridgehead atoms. The van der Waals surface area contributed by atoms with Gasteiger partial charge in [-0.3, -0.25) is 14.9 Å². The molecule has 134 valence electrons. The number of rotatable bonds is 6. The second kappa shape index (κ2) is 7.97. The van der Waals surface area contributed by atoms with Crippen LogP contribution in [-0.2, 0) is 14.3 Å². The van der Waals surface area contributed by atoms with Crippen LogP contribution in [0.15, 0.2) is 48.5 Å². The lowest BCUT2D eigenvalue weighted by Gasteiger charge is -2.16. The number of fused-ring (bicyclic) bond motifs is 1. The third kappa shape index (κ3) is 4.18. The Morgan fingerprint density at radius 3 is 2.65 bits per heavy atom. The van der Waals surface area contributed by atoms with Crippen molar-refractivity contribution in [1.82, 2.24) is 4.98 Å². The van der Waals surface area contributed by atoms with E-state index in [0.717, 1.165) is 16.0 Å². The van der Waals surface area contributed by atoms with E-state index in [-0.39, 0.29) is 0 Å². The normalized spacial score (nSPS) is 11.8. The minimum absolute atomic E-state index is 0.437. The minimum atomic E-state index is -1.03. The molecule has 1 heterocycles. The summed E-state index contributed by atoms with van der Waals surface area (Å²) in [5.74, 6) is -0.223. The number of amides is 1. The van der Waals surface area contributed by atoms with Crippen LogP contribution >= 0.6 is 11.3 Å². The Morgan fingerprint density at radius 2 is 1.96 bits per heavy atom. The maximum absolute atomic E-state index is 12.6. The van der Waals surface area contributed by atoms with Gasteiger partial charge in [-0.25, -0.2) is 4.98 Å². The van der Waals surface area contributed by atoms with Gasteiger partial charge in [0, 0.05) is 12.5 Å². The summed E-state index contributed by atoms with van der Waals surface area (Å²) >= 11 is 1.33. The fourth-order valence-electron chi connectivity index (χ4n) is 2.45. The Labute approximate surface area is 154 Å². The van der Waals surface area contributed by atoms with Crippen molar-refractivity contribution in [2.24, 2.45) is 0 Å². The molecule has 1 atom stereocenters. The molecule has 1 aromatic heterocycles. The first-order chi connectivity index (χ1) is 12.6. The van der Waals surface area contributed by atoms with Gasteiger partial charge in [0.15, 0.2) is 5.13 Å². The van der Waals surface area contributed by atoms with E-state index < -0.39 is 18.0 Å². The first-order valence-corrected chi connectivity index (χ1v) is 8.95. The van der Waals surface area contributed by atoms with Gasteiger partial charge in [0.1, 0.15) is 5.75 Å². The van der Waals surface area contributed by atoms with Crippen LogP contribution in [-0.4, -0.2) is 23.5 Å². The van der Waals surface area contributed by atoms with Crippen LogP contribution in [0, 0.1) is 0 Å². The van der Waals surface area contributed by atoms with Crippen LogP contribution in [0.1, 0.15) is 25.5 Å². The van der Waals surface area contributed by atoms with Crippen molar-refractivity contribution < 1.29 is 19.1 Å². The van der Waals surface area contributed by atoms with E-state index in [9.17, 15) is 9.59 Å². The molecular weight excluding hydrogens is 352 g/mol. The lowest BCUT2D eigenvalue weighted by atomic mass is 10.1. The standard InChI is InChI=1S/C19H18N2O4S/c1-3-24-14-9-10-15-16(11-14)26-19(20-15)21-18(23)17(25-12(2)22)13-7-5-4-6-8-13/h4-11,17H,3H2,1-2H3,(H,20,21,23)/t17-/m1/s1. The Bertz CT molecular complexity index is 924. The molecule has 0 unspecified atom stereocenters. The second-order valence-electron chi connectivity index (χ2n) is 5.47. The van der Waals surface area contributed by atoms with E-state index in [1.807, 2.05) is 31.2 Å². The SMILES string of the molecule is CCOc1ccc2nc(NC(=O)[C@H](OC(C)=O)c3ccccc3)sc2c1. The van der Waals surface area contributed by atoms with E-state index in [1.165, 1.54) is 18.3 Å². The third-order valence-corrected chi connectivity index (χ3v) is 4.46. The first-order valence-electron chi connectivity index (χ1n) is 8.13. The summed E-state index contributed by atoms with van der Waals surface area (Å²) in [6.07, 6.45) is -1.03. The summed E-state index contributed by atoms with van der Waals surface area (Å²) in [6, 6.07) is 14.4. The molecule has 0 saturated heterocycles. The fourth-order valence-corrected chi connectivity index (χ4v) is 3.35. The van der Waals surface area contributed by atoms with Crippen LogP contribution < -0.4 is 10.1 Å². The highest BCUT2D eigenvalue weighted by Crippen LogP contribution is 2.30. The lowest BCUT2D eigenvalue weighted by molar-refractivity contribution is -0.152. The maximum Gasteiger partial charge on any atom is 0.303 e. The van der Waals surface area contributed by atoms with E-state index in [0.29, 0.717) is 17.3 Å². The highest BCUT2D eigenvalue weighted by atomic mass is 32.1. The zero-order chi connectivity index (χ0) is 18.5. The Hall–Kier alpha value is -2.93. The molecule has 2 aromatic carbocycles.